The predicted molar refractivity (Wildman–Crippen MR) is 83.7 cm³/mol. The van der Waals surface area contributed by atoms with Crippen molar-refractivity contribution in [3.63, 3.8) is 0 Å². The van der Waals surface area contributed by atoms with Crippen molar-refractivity contribution < 1.29 is 4.74 Å². The Balaban J connectivity index is 1.89. The highest BCUT2D eigenvalue weighted by molar-refractivity contribution is 6.30. The SMILES string of the molecule is CC1CC(C)CC(C(COc2ccc(Cl)cc2)NN)C1. The van der Waals surface area contributed by atoms with Gasteiger partial charge in [-0.1, -0.05) is 25.4 Å². The smallest absolute Gasteiger partial charge is 0.119 e. The molecule has 1 saturated carbocycles. The van der Waals surface area contributed by atoms with Gasteiger partial charge in [0.2, 0.25) is 0 Å². The van der Waals surface area contributed by atoms with Crippen molar-refractivity contribution in [3.05, 3.63) is 29.3 Å². The van der Waals surface area contributed by atoms with E-state index >= 15 is 0 Å². The lowest BCUT2D eigenvalue weighted by molar-refractivity contribution is 0.138. The van der Waals surface area contributed by atoms with E-state index in [-0.39, 0.29) is 6.04 Å². The molecule has 1 fully saturated rings. The van der Waals surface area contributed by atoms with Crippen LogP contribution in [0.3, 0.4) is 0 Å². The van der Waals surface area contributed by atoms with Gasteiger partial charge in [-0.15, -0.1) is 0 Å². The minimum absolute atomic E-state index is 0.205. The summed E-state index contributed by atoms with van der Waals surface area (Å²) in [4.78, 5) is 0. The third-order valence-corrected chi connectivity index (χ3v) is 4.49. The molecule has 112 valence electrons. The molecular weight excluding hydrogens is 272 g/mol. The van der Waals surface area contributed by atoms with Crippen LogP contribution in [-0.2, 0) is 0 Å². The average Bonchev–Trinajstić information content (AvgIpc) is 2.40. The number of nitrogens with one attached hydrogen (secondary N) is 1. The maximum Gasteiger partial charge on any atom is 0.119 e. The predicted octanol–water partition coefficient (Wildman–Crippen LogP) is 3.62. The van der Waals surface area contributed by atoms with Crippen LogP contribution in [-0.4, -0.2) is 12.6 Å². The Labute approximate surface area is 126 Å². The van der Waals surface area contributed by atoms with E-state index in [2.05, 4.69) is 19.3 Å². The molecule has 1 aromatic carbocycles. The number of hydrazine groups is 1. The van der Waals surface area contributed by atoms with Gasteiger partial charge in [0.15, 0.2) is 0 Å². The van der Waals surface area contributed by atoms with Crippen molar-refractivity contribution in [2.45, 2.75) is 39.2 Å². The zero-order valence-corrected chi connectivity index (χ0v) is 13.1. The zero-order valence-electron chi connectivity index (χ0n) is 12.3. The third kappa shape index (κ3) is 4.37. The lowest BCUT2D eigenvalue weighted by atomic mass is 9.74. The Kier molecular flexibility index (Phi) is 5.70. The van der Waals surface area contributed by atoms with E-state index in [0.29, 0.717) is 12.5 Å². The van der Waals surface area contributed by atoms with Crippen LogP contribution in [0, 0.1) is 17.8 Å². The van der Waals surface area contributed by atoms with Crippen LogP contribution in [0.1, 0.15) is 33.1 Å². The molecule has 0 aliphatic heterocycles. The molecule has 4 heteroatoms. The van der Waals surface area contributed by atoms with Crippen LogP contribution in [0.4, 0.5) is 0 Å². The number of nitrogens with two attached hydrogens (primary N) is 1. The summed E-state index contributed by atoms with van der Waals surface area (Å²) in [5.74, 6) is 8.71. The van der Waals surface area contributed by atoms with Gasteiger partial charge in [-0.25, -0.2) is 0 Å². The molecule has 0 aromatic heterocycles. The summed E-state index contributed by atoms with van der Waals surface area (Å²) in [6.45, 7) is 5.26. The summed E-state index contributed by atoms with van der Waals surface area (Å²) >= 11 is 5.87. The Morgan fingerprint density at radius 2 is 1.80 bits per heavy atom. The molecule has 0 amide bonds. The van der Waals surface area contributed by atoms with Crippen LogP contribution < -0.4 is 16.0 Å². The number of hydrogen-bond acceptors (Lipinski definition) is 3. The van der Waals surface area contributed by atoms with Crippen molar-refractivity contribution in [2.75, 3.05) is 6.61 Å². The maximum atomic E-state index is 5.87. The molecule has 0 saturated heterocycles. The largest absolute Gasteiger partial charge is 0.492 e. The van der Waals surface area contributed by atoms with Crippen LogP contribution in [0.15, 0.2) is 24.3 Å². The Morgan fingerprint density at radius 1 is 1.20 bits per heavy atom. The molecule has 1 aliphatic carbocycles. The second kappa shape index (κ2) is 7.30. The fourth-order valence-corrected chi connectivity index (χ4v) is 3.50. The first kappa shape index (κ1) is 15.6. The molecule has 0 heterocycles. The van der Waals surface area contributed by atoms with Gasteiger partial charge in [0, 0.05) is 5.02 Å². The second-order valence-electron chi connectivity index (χ2n) is 6.22. The highest BCUT2D eigenvalue weighted by Crippen LogP contribution is 2.34. The first-order valence-electron chi connectivity index (χ1n) is 7.43. The van der Waals surface area contributed by atoms with Crippen molar-refractivity contribution in [3.8, 4) is 5.75 Å². The summed E-state index contributed by atoms with van der Waals surface area (Å²) < 4.78 is 5.84. The van der Waals surface area contributed by atoms with E-state index in [1.165, 1.54) is 19.3 Å². The summed E-state index contributed by atoms with van der Waals surface area (Å²) in [6.07, 6.45) is 3.78. The summed E-state index contributed by atoms with van der Waals surface area (Å²) in [5.41, 5.74) is 2.94. The highest BCUT2D eigenvalue weighted by atomic mass is 35.5. The molecule has 1 aliphatic rings. The molecule has 3 unspecified atom stereocenters. The molecule has 0 bridgehead atoms. The van der Waals surface area contributed by atoms with E-state index in [4.69, 9.17) is 22.2 Å². The second-order valence-corrected chi connectivity index (χ2v) is 6.65. The van der Waals surface area contributed by atoms with Gasteiger partial charge < -0.3 is 4.74 Å². The summed E-state index contributed by atoms with van der Waals surface area (Å²) in [7, 11) is 0. The number of benzene rings is 1. The zero-order chi connectivity index (χ0) is 14.5. The Hall–Kier alpha value is -0.770. The first-order valence-corrected chi connectivity index (χ1v) is 7.80. The number of halogens is 1. The monoisotopic (exact) mass is 296 g/mol. The van der Waals surface area contributed by atoms with Gasteiger partial charge in [-0.2, -0.15) is 0 Å². The first-order chi connectivity index (χ1) is 9.58. The minimum Gasteiger partial charge on any atom is -0.492 e. The number of hydrogen-bond donors (Lipinski definition) is 2. The van der Waals surface area contributed by atoms with Gasteiger partial charge in [-0.3, -0.25) is 11.3 Å². The van der Waals surface area contributed by atoms with E-state index in [0.717, 1.165) is 22.6 Å². The molecule has 1 aromatic rings. The summed E-state index contributed by atoms with van der Waals surface area (Å²) in [5, 5.41) is 0.723. The quantitative estimate of drug-likeness (QED) is 0.644. The fraction of sp³-hybridized carbons (Fsp3) is 0.625. The molecule has 0 spiro atoms. The van der Waals surface area contributed by atoms with Crippen LogP contribution in [0.25, 0.3) is 0 Å². The van der Waals surface area contributed by atoms with E-state index < -0.39 is 0 Å². The third-order valence-electron chi connectivity index (χ3n) is 4.24. The van der Waals surface area contributed by atoms with Crippen LogP contribution >= 0.6 is 11.6 Å². The van der Waals surface area contributed by atoms with Gasteiger partial charge in [-0.05, 0) is 61.3 Å². The van der Waals surface area contributed by atoms with E-state index in [9.17, 15) is 0 Å². The molecular formula is C16H25ClN2O. The van der Waals surface area contributed by atoms with Crippen molar-refractivity contribution in [2.24, 2.45) is 23.6 Å². The van der Waals surface area contributed by atoms with Gasteiger partial charge in [0.25, 0.3) is 0 Å². The molecule has 2 rings (SSSR count). The molecule has 0 radical (unpaired) electrons. The van der Waals surface area contributed by atoms with Gasteiger partial charge in [0.1, 0.15) is 12.4 Å². The minimum atomic E-state index is 0.205. The van der Waals surface area contributed by atoms with E-state index in [1.807, 2.05) is 24.3 Å². The number of rotatable bonds is 5. The van der Waals surface area contributed by atoms with Crippen LogP contribution in [0.5, 0.6) is 5.75 Å². The Morgan fingerprint density at radius 3 is 2.35 bits per heavy atom. The molecule has 3 N–H and O–H groups in total. The van der Waals surface area contributed by atoms with Crippen molar-refractivity contribution in [1.29, 1.82) is 0 Å². The molecule has 3 atom stereocenters. The lowest BCUT2D eigenvalue weighted by Gasteiger charge is -2.36. The maximum absolute atomic E-state index is 5.87. The van der Waals surface area contributed by atoms with E-state index in [1.54, 1.807) is 0 Å². The molecule has 3 nitrogen and oxygen atoms in total. The van der Waals surface area contributed by atoms with Crippen molar-refractivity contribution in [1.82, 2.24) is 5.43 Å². The van der Waals surface area contributed by atoms with Crippen LogP contribution in [0.2, 0.25) is 5.02 Å². The Bertz CT molecular complexity index is 399. The molecule has 20 heavy (non-hydrogen) atoms. The van der Waals surface area contributed by atoms with Gasteiger partial charge in [0.05, 0.1) is 6.04 Å². The van der Waals surface area contributed by atoms with Crippen molar-refractivity contribution >= 4 is 11.6 Å². The lowest BCUT2D eigenvalue weighted by Crippen LogP contribution is -2.47. The highest BCUT2D eigenvalue weighted by Gasteiger charge is 2.29. The topological polar surface area (TPSA) is 47.3 Å². The number of ether oxygens (including phenoxy) is 1. The summed E-state index contributed by atoms with van der Waals surface area (Å²) in [6, 6.07) is 7.67. The standard InChI is InChI=1S/C16H25ClN2O/c1-11-7-12(2)9-13(8-11)16(19-18)10-20-15-5-3-14(17)4-6-15/h3-6,11-13,16,19H,7-10,18H2,1-2H3. The fourth-order valence-electron chi connectivity index (χ4n) is 3.37. The average molecular weight is 297 g/mol. The van der Waals surface area contributed by atoms with Gasteiger partial charge >= 0.3 is 0 Å². The normalized spacial score (nSPS) is 28.1.